The van der Waals surface area contributed by atoms with E-state index in [0.717, 1.165) is 30.6 Å². The van der Waals surface area contributed by atoms with Crippen molar-refractivity contribution in [2.24, 2.45) is 0 Å². The van der Waals surface area contributed by atoms with Gasteiger partial charge in [0.25, 0.3) is 0 Å². The fraction of sp³-hybridized carbons (Fsp3) is 0.333. The Labute approximate surface area is 147 Å². The van der Waals surface area contributed by atoms with Crippen molar-refractivity contribution in [2.75, 3.05) is 11.9 Å². The monoisotopic (exact) mass is 334 g/mol. The molecule has 4 rings (SSSR count). The molecule has 4 nitrogen and oxygen atoms in total. The molecule has 0 radical (unpaired) electrons. The average Bonchev–Trinajstić information content (AvgIpc) is 3.10. The van der Waals surface area contributed by atoms with E-state index < -0.39 is 0 Å². The fourth-order valence-corrected chi connectivity index (χ4v) is 4.00. The molecule has 2 heterocycles. The van der Waals surface area contributed by atoms with Gasteiger partial charge in [-0.3, -0.25) is 9.59 Å². The van der Waals surface area contributed by atoms with Gasteiger partial charge in [0.2, 0.25) is 11.8 Å². The van der Waals surface area contributed by atoms with Crippen LogP contribution in [0.2, 0.25) is 0 Å². The Morgan fingerprint density at radius 3 is 2.68 bits per heavy atom. The van der Waals surface area contributed by atoms with Crippen LogP contribution in [0.3, 0.4) is 0 Å². The number of carbonyl (C=O) groups excluding carboxylic acids is 2. The zero-order valence-corrected chi connectivity index (χ0v) is 14.4. The lowest BCUT2D eigenvalue weighted by Crippen LogP contribution is -2.38. The Hall–Kier alpha value is -2.62. The van der Waals surface area contributed by atoms with Gasteiger partial charge in [-0.05, 0) is 37.0 Å². The van der Waals surface area contributed by atoms with Crippen LogP contribution in [-0.2, 0) is 9.59 Å². The van der Waals surface area contributed by atoms with Crippen LogP contribution in [0.25, 0.3) is 0 Å². The molecule has 2 amide bonds. The minimum Gasteiger partial charge on any atom is -0.335 e. The number of likely N-dealkylation sites (tertiary alicyclic amines) is 1. The zero-order chi connectivity index (χ0) is 17.4. The van der Waals surface area contributed by atoms with Gasteiger partial charge in [-0.2, -0.15) is 0 Å². The van der Waals surface area contributed by atoms with Crippen LogP contribution < -0.4 is 5.32 Å². The summed E-state index contributed by atoms with van der Waals surface area (Å²) in [6, 6.07) is 16.2. The van der Waals surface area contributed by atoms with E-state index in [1.165, 1.54) is 11.1 Å². The maximum absolute atomic E-state index is 13.3. The van der Waals surface area contributed by atoms with Gasteiger partial charge in [0.05, 0.1) is 12.0 Å². The third-order valence-corrected chi connectivity index (χ3v) is 5.30. The summed E-state index contributed by atoms with van der Waals surface area (Å²) in [5, 5.41) is 2.87. The third-order valence-electron chi connectivity index (χ3n) is 5.30. The van der Waals surface area contributed by atoms with Gasteiger partial charge in [-0.15, -0.1) is 0 Å². The molecule has 2 aromatic carbocycles. The van der Waals surface area contributed by atoms with Crippen molar-refractivity contribution in [3.8, 4) is 0 Å². The van der Waals surface area contributed by atoms with Crippen LogP contribution in [0.5, 0.6) is 0 Å². The van der Waals surface area contributed by atoms with E-state index in [1.807, 2.05) is 29.2 Å². The largest absolute Gasteiger partial charge is 0.335 e. The summed E-state index contributed by atoms with van der Waals surface area (Å²) < 4.78 is 0. The van der Waals surface area contributed by atoms with Crippen molar-refractivity contribution < 1.29 is 9.59 Å². The van der Waals surface area contributed by atoms with Crippen molar-refractivity contribution in [3.63, 3.8) is 0 Å². The number of hydrogen-bond acceptors (Lipinski definition) is 2. The normalized spacial score (nSPS) is 22.4. The third kappa shape index (κ3) is 2.93. The molecular weight excluding hydrogens is 312 g/mol. The Morgan fingerprint density at radius 1 is 1.12 bits per heavy atom. The zero-order valence-electron chi connectivity index (χ0n) is 14.4. The molecule has 0 bridgehead atoms. The summed E-state index contributed by atoms with van der Waals surface area (Å²) in [5.74, 6) is -0.385. The predicted octanol–water partition coefficient (Wildman–Crippen LogP) is 3.78. The van der Waals surface area contributed by atoms with E-state index in [4.69, 9.17) is 0 Å². The first-order valence-corrected chi connectivity index (χ1v) is 8.89. The van der Waals surface area contributed by atoms with Crippen LogP contribution in [0.1, 0.15) is 47.9 Å². The number of rotatable bonds is 2. The number of hydrogen-bond donors (Lipinski definition) is 1. The van der Waals surface area contributed by atoms with Crippen molar-refractivity contribution in [3.05, 3.63) is 65.2 Å². The minimum absolute atomic E-state index is 0.0744. The van der Waals surface area contributed by atoms with E-state index in [9.17, 15) is 9.59 Å². The number of amides is 2. The van der Waals surface area contributed by atoms with E-state index in [-0.39, 0.29) is 30.2 Å². The van der Waals surface area contributed by atoms with Crippen molar-refractivity contribution in [1.29, 1.82) is 0 Å². The van der Waals surface area contributed by atoms with Crippen molar-refractivity contribution in [2.45, 2.75) is 38.1 Å². The summed E-state index contributed by atoms with van der Waals surface area (Å²) >= 11 is 0. The molecule has 0 saturated carbocycles. The first-order chi connectivity index (χ1) is 12.1. The van der Waals surface area contributed by atoms with E-state index in [1.54, 1.807) is 0 Å². The molecule has 4 heteroatoms. The molecule has 2 unspecified atom stereocenters. The lowest BCUT2D eigenvalue weighted by atomic mass is 9.89. The Kier molecular flexibility index (Phi) is 4.04. The fourth-order valence-electron chi connectivity index (χ4n) is 4.00. The molecule has 128 valence electrons. The van der Waals surface area contributed by atoms with E-state index in [0.29, 0.717) is 0 Å². The number of benzene rings is 2. The molecule has 0 aliphatic carbocycles. The second kappa shape index (κ2) is 6.36. The maximum atomic E-state index is 13.3. The highest BCUT2D eigenvalue weighted by atomic mass is 16.2. The van der Waals surface area contributed by atoms with Gasteiger partial charge < -0.3 is 10.2 Å². The number of nitrogens with one attached hydrogen (secondary N) is 1. The van der Waals surface area contributed by atoms with Crippen molar-refractivity contribution in [1.82, 2.24) is 4.90 Å². The van der Waals surface area contributed by atoms with E-state index >= 15 is 0 Å². The smallest absolute Gasteiger partial charge is 0.231 e. The van der Waals surface area contributed by atoms with E-state index in [2.05, 4.69) is 36.5 Å². The highest BCUT2D eigenvalue weighted by Crippen LogP contribution is 2.38. The molecule has 1 N–H and O–H groups in total. The molecule has 2 aromatic rings. The SMILES string of the molecule is Cc1ccc(C2CCCN2C(=O)C2CC(=O)Nc3ccccc32)cc1. The van der Waals surface area contributed by atoms with Crippen LogP contribution >= 0.6 is 0 Å². The summed E-state index contributed by atoms with van der Waals surface area (Å²) in [6.45, 7) is 2.83. The number of para-hydroxylation sites is 1. The molecule has 25 heavy (non-hydrogen) atoms. The van der Waals surface area contributed by atoms with Gasteiger partial charge in [0, 0.05) is 18.7 Å². The number of anilines is 1. The number of carbonyl (C=O) groups is 2. The molecule has 1 fully saturated rings. The molecule has 2 aliphatic heterocycles. The van der Waals surface area contributed by atoms with Gasteiger partial charge in [0.1, 0.15) is 0 Å². The maximum Gasteiger partial charge on any atom is 0.231 e. The molecule has 2 atom stereocenters. The number of nitrogens with zero attached hydrogens (tertiary/aromatic N) is 1. The number of fused-ring (bicyclic) bond motifs is 1. The molecular formula is C21H22N2O2. The molecule has 2 aliphatic rings. The van der Waals surface area contributed by atoms with Crippen molar-refractivity contribution >= 4 is 17.5 Å². The lowest BCUT2D eigenvalue weighted by molar-refractivity contribution is -0.135. The predicted molar refractivity (Wildman–Crippen MR) is 97.3 cm³/mol. The molecule has 0 spiro atoms. The first kappa shape index (κ1) is 15.9. The molecule has 1 saturated heterocycles. The Morgan fingerprint density at radius 2 is 1.88 bits per heavy atom. The van der Waals surface area contributed by atoms with Gasteiger partial charge in [0.15, 0.2) is 0 Å². The summed E-state index contributed by atoms with van der Waals surface area (Å²) in [6.07, 6.45) is 2.22. The van der Waals surface area contributed by atoms with Crippen LogP contribution in [-0.4, -0.2) is 23.3 Å². The van der Waals surface area contributed by atoms with Crippen LogP contribution in [0, 0.1) is 6.92 Å². The standard InChI is InChI=1S/C21H22N2O2/c1-14-8-10-15(11-9-14)19-7-4-12-23(19)21(25)17-13-20(24)22-18-6-3-2-5-16(17)18/h2-3,5-6,8-11,17,19H,4,7,12-13H2,1H3,(H,22,24). The summed E-state index contributed by atoms with van der Waals surface area (Å²) in [5.41, 5.74) is 4.10. The van der Waals surface area contributed by atoms with Gasteiger partial charge in [-0.25, -0.2) is 0 Å². The van der Waals surface area contributed by atoms with Crippen LogP contribution in [0.15, 0.2) is 48.5 Å². The Bertz CT molecular complexity index is 813. The number of aryl methyl sites for hydroxylation is 1. The first-order valence-electron chi connectivity index (χ1n) is 8.89. The summed E-state index contributed by atoms with van der Waals surface area (Å²) in [4.78, 5) is 27.3. The van der Waals surface area contributed by atoms with Gasteiger partial charge in [-0.1, -0.05) is 48.0 Å². The Balaban J connectivity index is 1.64. The topological polar surface area (TPSA) is 49.4 Å². The highest BCUT2D eigenvalue weighted by molar-refractivity contribution is 6.01. The average molecular weight is 334 g/mol. The minimum atomic E-state index is -0.379. The molecule has 0 aromatic heterocycles. The second-order valence-corrected chi connectivity index (χ2v) is 6.99. The quantitative estimate of drug-likeness (QED) is 0.908. The van der Waals surface area contributed by atoms with Gasteiger partial charge >= 0.3 is 0 Å². The lowest BCUT2D eigenvalue weighted by Gasteiger charge is -2.32. The van der Waals surface area contributed by atoms with Crippen LogP contribution in [0.4, 0.5) is 5.69 Å². The summed E-state index contributed by atoms with van der Waals surface area (Å²) in [7, 11) is 0. The second-order valence-electron chi connectivity index (χ2n) is 6.99. The highest BCUT2D eigenvalue weighted by Gasteiger charge is 2.38.